The Morgan fingerprint density at radius 3 is 2.73 bits per heavy atom. The van der Waals surface area contributed by atoms with Crippen LogP contribution in [0.4, 0.5) is 0 Å². The second-order valence-corrected chi connectivity index (χ2v) is 5.68. The predicted octanol–water partition coefficient (Wildman–Crippen LogP) is 3.66. The Labute approximate surface area is 132 Å². The van der Waals surface area contributed by atoms with Crippen LogP contribution in [0, 0.1) is 6.92 Å². The molecule has 2 aromatic heterocycles. The average molecular weight is 310 g/mol. The lowest BCUT2D eigenvalue weighted by molar-refractivity contribution is -0.133. The topological polar surface area (TPSA) is 52.1 Å². The van der Waals surface area contributed by atoms with Crippen LogP contribution in [0.25, 0.3) is 10.7 Å². The largest absolute Gasteiger partial charge is 0.426 e. The molecular weight excluding hydrogens is 296 g/mol. The maximum atomic E-state index is 11.9. The number of carbonyl (C=O) groups is 1. The molecule has 0 aliphatic rings. The van der Waals surface area contributed by atoms with Crippen molar-refractivity contribution in [1.29, 1.82) is 0 Å². The molecule has 22 heavy (non-hydrogen) atoms. The van der Waals surface area contributed by atoms with Crippen molar-refractivity contribution in [3.8, 4) is 16.5 Å². The molecule has 0 radical (unpaired) electrons. The van der Waals surface area contributed by atoms with Crippen LogP contribution in [0.5, 0.6) is 5.75 Å². The van der Waals surface area contributed by atoms with Crippen LogP contribution in [0.2, 0.25) is 0 Å². The van der Waals surface area contributed by atoms with E-state index in [1.165, 1.54) is 11.3 Å². The third-order valence-electron chi connectivity index (χ3n) is 3.01. The Hall–Kier alpha value is -2.53. The fourth-order valence-corrected chi connectivity index (χ4v) is 2.71. The number of rotatable bonds is 4. The molecule has 0 unspecified atom stereocenters. The molecule has 0 bridgehead atoms. The molecule has 0 spiro atoms. The lowest BCUT2D eigenvalue weighted by atomic mass is 10.2. The van der Waals surface area contributed by atoms with Crippen LogP contribution in [-0.4, -0.2) is 15.9 Å². The minimum Gasteiger partial charge on any atom is -0.426 e. The molecule has 0 amide bonds. The van der Waals surface area contributed by atoms with Gasteiger partial charge >= 0.3 is 5.97 Å². The third-order valence-corrected chi connectivity index (χ3v) is 3.93. The number of hydrogen-bond donors (Lipinski definition) is 0. The first-order valence-corrected chi connectivity index (χ1v) is 7.72. The van der Waals surface area contributed by atoms with Crippen molar-refractivity contribution in [2.45, 2.75) is 13.3 Å². The van der Waals surface area contributed by atoms with Crippen molar-refractivity contribution in [2.24, 2.45) is 0 Å². The summed E-state index contributed by atoms with van der Waals surface area (Å²) in [4.78, 5) is 20.6. The van der Waals surface area contributed by atoms with Gasteiger partial charge in [0.05, 0.1) is 17.8 Å². The highest BCUT2D eigenvalue weighted by Crippen LogP contribution is 2.22. The van der Waals surface area contributed by atoms with Crippen molar-refractivity contribution in [2.75, 3.05) is 0 Å². The first kappa shape index (κ1) is 14.4. The number of aromatic nitrogens is 2. The Kier molecular flexibility index (Phi) is 4.25. The number of carbonyl (C=O) groups excluding carboxylic acids is 1. The molecule has 0 atom stereocenters. The van der Waals surface area contributed by atoms with E-state index in [0.717, 1.165) is 16.3 Å². The maximum Gasteiger partial charge on any atom is 0.317 e. The molecular formula is C17H14N2O2S. The van der Waals surface area contributed by atoms with E-state index < -0.39 is 0 Å². The molecule has 4 nitrogen and oxygen atoms in total. The van der Waals surface area contributed by atoms with Gasteiger partial charge in [-0.15, -0.1) is 11.3 Å². The highest BCUT2D eigenvalue weighted by Gasteiger charge is 2.11. The minimum atomic E-state index is -0.318. The third kappa shape index (κ3) is 3.56. The number of benzene rings is 1. The Balaban J connectivity index is 1.65. The summed E-state index contributed by atoms with van der Waals surface area (Å²) in [5, 5.41) is 2.67. The highest BCUT2D eigenvalue weighted by atomic mass is 32.1. The summed E-state index contributed by atoms with van der Waals surface area (Å²) in [7, 11) is 0. The molecule has 0 N–H and O–H groups in total. The fourth-order valence-electron chi connectivity index (χ4n) is 1.92. The van der Waals surface area contributed by atoms with Gasteiger partial charge in [0.15, 0.2) is 0 Å². The van der Waals surface area contributed by atoms with Gasteiger partial charge in [0.25, 0.3) is 0 Å². The summed E-state index contributed by atoms with van der Waals surface area (Å²) in [6, 6.07) is 13.1. The average Bonchev–Trinajstić information content (AvgIpc) is 2.99. The van der Waals surface area contributed by atoms with Crippen molar-refractivity contribution < 1.29 is 9.53 Å². The monoisotopic (exact) mass is 310 g/mol. The van der Waals surface area contributed by atoms with Crippen LogP contribution in [-0.2, 0) is 11.2 Å². The zero-order chi connectivity index (χ0) is 15.4. The van der Waals surface area contributed by atoms with Gasteiger partial charge in [-0.1, -0.05) is 23.8 Å². The molecule has 3 rings (SSSR count). The zero-order valence-corrected chi connectivity index (χ0v) is 12.8. The molecule has 0 aliphatic heterocycles. The first-order valence-electron chi connectivity index (χ1n) is 6.84. The number of aryl methyl sites for hydroxylation is 1. The van der Waals surface area contributed by atoms with E-state index in [9.17, 15) is 4.79 Å². The smallest absolute Gasteiger partial charge is 0.317 e. The summed E-state index contributed by atoms with van der Waals surface area (Å²) in [5.41, 5.74) is 2.63. The van der Waals surface area contributed by atoms with Crippen LogP contribution in [0.3, 0.4) is 0 Å². The number of ether oxygens (including phenoxy) is 1. The van der Waals surface area contributed by atoms with E-state index in [4.69, 9.17) is 4.74 Å². The van der Waals surface area contributed by atoms with E-state index >= 15 is 0 Å². The fraction of sp³-hybridized carbons (Fsp3) is 0.118. The Bertz CT molecular complexity index is 767. The minimum absolute atomic E-state index is 0.150. The molecule has 3 aromatic rings. The summed E-state index contributed by atoms with van der Waals surface area (Å²) in [6.07, 6.45) is 1.87. The van der Waals surface area contributed by atoms with Gasteiger partial charge in [-0.3, -0.25) is 9.78 Å². The zero-order valence-electron chi connectivity index (χ0n) is 12.0. The molecule has 1 aromatic carbocycles. The van der Waals surface area contributed by atoms with Crippen molar-refractivity contribution in [3.63, 3.8) is 0 Å². The number of nitrogens with zero attached hydrogens (tertiary/aromatic N) is 2. The van der Waals surface area contributed by atoms with Crippen molar-refractivity contribution >= 4 is 17.3 Å². The summed E-state index contributed by atoms with van der Waals surface area (Å²) in [6.45, 7) is 1.99. The summed E-state index contributed by atoms with van der Waals surface area (Å²) in [5.74, 6) is 0.234. The molecule has 5 heteroatoms. The lowest BCUT2D eigenvalue weighted by Gasteiger charge is -2.03. The number of hydrogen-bond acceptors (Lipinski definition) is 5. The van der Waals surface area contributed by atoms with Gasteiger partial charge in [-0.25, -0.2) is 4.98 Å². The van der Waals surface area contributed by atoms with Gasteiger partial charge < -0.3 is 4.74 Å². The van der Waals surface area contributed by atoms with Gasteiger partial charge in [-0.05, 0) is 31.2 Å². The SMILES string of the molecule is Cc1ccc(OC(=O)Cc2csc(-c3ccccn3)n2)cc1. The molecule has 0 fully saturated rings. The van der Waals surface area contributed by atoms with Crippen LogP contribution in [0.1, 0.15) is 11.3 Å². The van der Waals surface area contributed by atoms with Gasteiger partial charge in [0.1, 0.15) is 10.8 Å². The Morgan fingerprint density at radius 2 is 2.00 bits per heavy atom. The quantitative estimate of drug-likeness (QED) is 0.545. The molecule has 110 valence electrons. The van der Waals surface area contributed by atoms with E-state index in [0.29, 0.717) is 11.4 Å². The molecule has 0 aliphatic carbocycles. The molecule has 0 saturated carbocycles. The first-order chi connectivity index (χ1) is 10.7. The number of esters is 1. The van der Waals surface area contributed by atoms with E-state index in [-0.39, 0.29) is 12.4 Å². The Morgan fingerprint density at radius 1 is 1.18 bits per heavy atom. The molecule has 0 saturated heterocycles. The van der Waals surface area contributed by atoms with E-state index in [2.05, 4.69) is 9.97 Å². The second-order valence-electron chi connectivity index (χ2n) is 4.82. The van der Waals surface area contributed by atoms with E-state index in [1.54, 1.807) is 18.3 Å². The summed E-state index contributed by atoms with van der Waals surface area (Å²) >= 11 is 1.47. The second kappa shape index (κ2) is 6.49. The van der Waals surface area contributed by atoms with Crippen molar-refractivity contribution in [1.82, 2.24) is 9.97 Å². The van der Waals surface area contributed by atoms with Gasteiger partial charge in [0.2, 0.25) is 0 Å². The van der Waals surface area contributed by atoms with Crippen LogP contribution >= 0.6 is 11.3 Å². The normalized spacial score (nSPS) is 10.4. The maximum absolute atomic E-state index is 11.9. The summed E-state index contributed by atoms with van der Waals surface area (Å²) < 4.78 is 5.30. The van der Waals surface area contributed by atoms with Crippen LogP contribution < -0.4 is 4.74 Å². The standard InChI is InChI=1S/C17H14N2O2S/c1-12-5-7-14(8-6-12)21-16(20)10-13-11-22-17(19-13)15-4-2-3-9-18-15/h2-9,11H,10H2,1H3. The predicted molar refractivity (Wildman–Crippen MR) is 85.9 cm³/mol. The van der Waals surface area contributed by atoms with Gasteiger partial charge in [-0.2, -0.15) is 0 Å². The van der Waals surface area contributed by atoms with Crippen molar-refractivity contribution in [3.05, 3.63) is 65.3 Å². The number of pyridine rings is 1. The number of thiazole rings is 1. The molecule has 2 heterocycles. The van der Waals surface area contributed by atoms with Crippen LogP contribution in [0.15, 0.2) is 54.0 Å². The highest BCUT2D eigenvalue weighted by molar-refractivity contribution is 7.13. The lowest BCUT2D eigenvalue weighted by Crippen LogP contribution is -2.11. The van der Waals surface area contributed by atoms with Gasteiger partial charge in [0, 0.05) is 11.6 Å². The van der Waals surface area contributed by atoms with E-state index in [1.807, 2.05) is 42.6 Å².